The van der Waals surface area contributed by atoms with Crippen LogP contribution in [0, 0.1) is 11.8 Å². The number of unbranched alkanes of at least 4 members (excludes halogenated alkanes) is 2. The Kier molecular flexibility index (Phi) is 7.86. The van der Waals surface area contributed by atoms with E-state index in [1.807, 2.05) is 27.7 Å². The van der Waals surface area contributed by atoms with Crippen LogP contribution in [0.3, 0.4) is 0 Å². The molecule has 0 aromatic carbocycles. The Morgan fingerprint density at radius 2 is 1.56 bits per heavy atom. The van der Waals surface area contributed by atoms with Crippen LogP contribution in [0.1, 0.15) is 53.4 Å². The lowest BCUT2D eigenvalue weighted by Gasteiger charge is -2.07. The van der Waals surface area contributed by atoms with Crippen molar-refractivity contribution >= 4 is 11.8 Å². The molecule has 0 aromatic rings. The molecule has 3 nitrogen and oxygen atoms in total. The van der Waals surface area contributed by atoms with Gasteiger partial charge in [0, 0.05) is 12.3 Å². The van der Waals surface area contributed by atoms with Crippen LogP contribution >= 0.6 is 0 Å². The van der Waals surface area contributed by atoms with Gasteiger partial charge in [-0.1, -0.05) is 27.7 Å². The average molecular weight is 228 g/mol. The minimum atomic E-state index is -0.141. The van der Waals surface area contributed by atoms with Gasteiger partial charge in [0.2, 0.25) is 0 Å². The highest BCUT2D eigenvalue weighted by molar-refractivity contribution is 5.80. The topological polar surface area (TPSA) is 43.4 Å². The van der Waals surface area contributed by atoms with Crippen molar-refractivity contribution in [1.29, 1.82) is 0 Å². The van der Waals surface area contributed by atoms with Crippen molar-refractivity contribution in [2.24, 2.45) is 11.8 Å². The summed E-state index contributed by atoms with van der Waals surface area (Å²) in [4.78, 5) is 22.4. The minimum absolute atomic E-state index is 0.0532. The second-order valence-electron chi connectivity index (χ2n) is 4.75. The summed E-state index contributed by atoms with van der Waals surface area (Å²) in [6.07, 6.45) is 3.35. The van der Waals surface area contributed by atoms with Crippen LogP contribution in [0.5, 0.6) is 0 Å². The molecule has 16 heavy (non-hydrogen) atoms. The highest BCUT2D eigenvalue weighted by Crippen LogP contribution is 2.06. The molecule has 0 radical (unpaired) electrons. The van der Waals surface area contributed by atoms with E-state index < -0.39 is 0 Å². The van der Waals surface area contributed by atoms with Crippen molar-refractivity contribution in [3.8, 4) is 0 Å². The Balaban J connectivity index is 3.35. The summed E-state index contributed by atoms with van der Waals surface area (Å²) in [5.41, 5.74) is 0. The first kappa shape index (κ1) is 15.1. The van der Waals surface area contributed by atoms with Crippen LogP contribution in [0.15, 0.2) is 0 Å². The molecule has 3 heteroatoms. The molecule has 0 saturated heterocycles. The largest absolute Gasteiger partial charge is 0.465 e. The van der Waals surface area contributed by atoms with Crippen molar-refractivity contribution in [2.75, 3.05) is 6.61 Å². The van der Waals surface area contributed by atoms with Crippen molar-refractivity contribution in [3.63, 3.8) is 0 Å². The fourth-order valence-corrected chi connectivity index (χ4v) is 1.21. The first-order valence-corrected chi connectivity index (χ1v) is 6.14. The molecule has 0 aliphatic rings. The number of hydrogen-bond donors (Lipinski definition) is 0. The van der Waals surface area contributed by atoms with E-state index in [1.54, 1.807) is 0 Å². The van der Waals surface area contributed by atoms with E-state index in [2.05, 4.69) is 0 Å². The van der Waals surface area contributed by atoms with Gasteiger partial charge < -0.3 is 4.74 Å². The predicted octanol–water partition coefficient (Wildman–Crippen LogP) is 2.97. The number of ketones is 1. The zero-order chi connectivity index (χ0) is 12.6. The van der Waals surface area contributed by atoms with Gasteiger partial charge in [0.15, 0.2) is 0 Å². The molecule has 0 bridgehead atoms. The Morgan fingerprint density at radius 1 is 0.938 bits per heavy atom. The first-order chi connectivity index (χ1) is 7.45. The quantitative estimate of drug-likeness (QED) is 0.474. The summed E-state index contributed by atoms with van der Waals surface area (Å²) < 4.78 is 5.03. The molecular formula is C13H24O3. The van der Waals surface area contributed by atoms with E-state index in [9.17, 15) is 9.59 Å². The van der Waals surface area contributed by atoms with Gasteiger partial charge >= 0.3 is 5.97 Å². The maximum atomic E-state index is 11.3. The Bertz CT molecular complexity index is 195. The van der Waals surface area contributed by atoms with Crippen molar-refractivity contribution < 1.29 is 14.3 Å². The van der Waals surface area contributed by atoms with Gasteiger partial charge in [-0.15, -0.1) is 0 Å². The molecule has 0 fully saturated rings. The lowest BCUT2D eigenvalue weighted by molar-refractivity contribution is -0.147. The maximum absolute atomic E-state index is 11.3. The van der Waals surface area contributed by atoms with Crippen LogP contribution < -0.4 is 0 Å². The molecule has 0 aliphatic carbocycles. The molecule has 0 saturated carbocycles. The maximum Gasteiger partial charge on any atom is 0.308 e. The van der Waals surface area contributed by atoms with Crippen LogP contribution in [0.2, 0.25) is 0 Å². The van der Waals surface area contributed by atoms with Gasteiger partial charge in [-0.3, -0.25) is 9.59 Å². The highest BCUT2D eigenvalue weighted by Gasteiger charge is 2.08. The van der Waals surface area contributed by atoms with Crippen LogP contribution in [0.4, 0.5) is 0 Å². The van der Waals surface area contributed by atoms with E-state index in [0.717, 1.165) is 19.3 Å². The molecule has 0 N–H and O–H groups in total. The molecule has 0 rings (SSSR count). The number of ether oxygens (including phenoxy) is 1. The zero-order valence-corrected chi connectivity index (χ0v) is 10.9. The molecule has 0 amide bonds. The fourth-order valence-electron chi connectivity index (χ4n) is 1.21. The van der Waals surface area contributed by atoms with Gasteiger partial charge in [-0.2, -0.15) is 0 Å². The lowest BCUT2D eigenvalue weighted by Crippen LogP contribution is -2.12. The third kappa shape index (κ3) is 7.43. The van der Waals surface area contributed by atoms with E-state index in [1.165, 1.54) is 0 Å². The first-order valence-electron chi connectivity index (χ1n) is 6.14. The summed E-state index contributed by atoms with van der Waals surface area (Å²) in [5, 5.41) is 0. The summed E-state index contributed by atoms with van der Waals surface area (Å²) in [7, 11) is 0. The lowest BCUT2D eigenvalue weighted by atomic mass is 10.0. The number of Topliss-reactive ketones (excluding diaryl/α,β-unsaturated/α-hetero) is 1. The Hall–Kier alpha value is -0.860. The van der Waals surface area contributed by atoms with E-state index in [-0.39, 0.29) is 17.8 Å². The normalized spacial score (nSPS) is 10.9. The third-order valence-electron chi connectivity index (χ3n) is 2.43. The van der Waals surface area contributed by atoms with Crippen molar-refractivity contribution in [3.05, 3.63) is 0 Å². The number of carbonyl (C=O) groups is 2. The molecule has 0 atom stereocenters. The standard InChI is InChI=1S/C13H24O3/c1-10(2)12(14)8-6-5-7-9-16-13(15)11(3)4/h10-11H,5-9H2,1-4H3. The number of esters is 1. The van der Waals surface area contributed by atoms with Crippen LogP contribution in [-0.4, -0.2) is 18.4 Å². The SMILES string of the molecule is CC(C)C(=O)CCCCCOC(=O)C(C)C. The number of carbonyl (C=O) groups excluding carboxylic acids is 2. The number of hydrogen-bond acceptors (Lipinski definition) is 3. The molecule has 0 heterocycles. The average Bonchev–Trinajstić information content (AvgIpc) is 2.21. The fraction of sp³-hybridized carbons (Fsp3) is 0.846. The highest BCUT2D eigenvalue weighted by atomic mass is 16.5. The minimum Gasteiger partial charge on any atom is -0.465 e. The summed E-state index contributed by atoms with van der Waals surface area (Å²) in [5.74, 6) is 0.263. The molecule has 0 aliphatic heterocycles. The Morgan fingerprint density at radius 3 is 2.06 bits per heavy atom. The Labute approximate surface area is 98.6 Å². The summed E-state index contributed by atoms with van der Waals surface area (Å²) in [6, 6.07) is 0. The van der Waals surface area contributed by atoms with Gasteiger partial charge in [-0.05, 0) is 19.3 Å². The van der Waals surface area contributed by atoms with Crippen molar-refractivity contribution in [1.82, 2.24) is 0 Å². The van der Waals surface area contributed by atoms with Gasteiger partial charge in [0.25, 0.3) is 0 Å². The van der Waals surface area contributed by atoms with E-state index >= 15 is 0 Å². The molecule has 94 valence electrons. The van der Waals surface area contributed by atoms with E-state index in [4.69, 9.17) is 4.74 Å². The second-order valence-corrected chi connectivity index (χ2v) is 4.75. The van der Waals surface area contributed by atoms with Gasteiger partial charge in [0.05, 0.1) is 12.5 Å². The summed E-state index contributed by atoms with van der Waals surface area (Å²) >= 11 is 0. The molecule has 0 unspecified atom stereocenters. The monoisotopic (exact) mass is 228 g/mol. The van der Waals surface area contributed by atoms with Crippen LogP contribution in [0.25, 0.3) is 0 Å². The predicted molar refractivity (Wildman–Crippen MR) is 64.1 cm³/mol. The zero-order valence-electron chi connectivity index (χ0n) is 10.9. The molecular weight excluding hydrogens is 204 g/mol. The third-order valence-corrected chi connectivity index (χ3v) is 2.43. The van der Waals surface area contributed by atoms with Crippen molar-refractivity contribution in [2.45, 2.75) is 53.4 Å². The number of rotatable bonds is 8. The summed E-state index contributed by atoms with van der Waals surface area (Å²) in [6.45, 7) is 7.97. The van der Waals surface area contributed by atoms with Crippen LogP contribution in [-0.2, 0) is 14.3 Å². The van der Waals surface area contributed by atoms with Gasteiger partial charge in [-0.25, -0.2) is 0 Å². The van der Waals surface area contributed by atoms with Gasteiger partial charge in [0.1, 0.15) is 5.78 Å². The molecule has 0 spiro atoms. The smallest absolute Gasteiger partial charge is 0.308 e. The van der Waals surface area contributed by atoms with E-state index in [0.29, 0.717) is 18.8 Å². The molecule has 0 aromatic heterocycles. The second kappa shape index (κ2) is 8.31.